The van der Waals surface area contributed by atoms with E-state index in [9.17, 15) is 23.4 Å². The van der Waals surface area contributed by atoms with Crippen LogP contribution in [-0.4, -0.2) is 29.2 Å². The number of thiol groups is 1. The van der Waals surface area contributed by atoms with E-state index >= 15 is 0 Å². The third-order valence-electron chi connectivity index (χ3n) is 2.42. The number of rotatable bonds is 4. The van der Waals surface area contributed by atoms with E-state index in [2.05, 4.69) is 17.4 Å². The highest BCUT2D eigenvalue weighted by molar-refractivity contribution is 7.80. The molecule has 0 saturated carbocycles. The third-order valence-corrected chi connectivity index (χ3v) is 2.80. The number of aliphatic hydroxyl groups excluding tert-OH is 2. The van der Waals surface area contributed by atoms with Crippen LogP contribution < -0.4 is 4.74 Å². The highest BCUT2D eigenvalue weighted by atomic mass is 32.1. The molecule has 2 N–H and O–H groups in total. The number of ether oxygens (including phenoxy) is 1. The second-order valence-electron chi connectivity index (χ2n) is 3.65. The van der Waals surface area contributed by atoms with Gasteiger partial charge in [0.1, 0.15) is 11.9 Å². The molecule has 0 aliphatic heterocycles. The van der Waals surface area contributed by atoms with E-state index in [4.69, 9.17) is 0 Å². The Morgan fingerprint density at radius 1 is 1.33 bits per heavy atom. The predicted octanol–water partition coefficient (Wildman–Crippen LogP) is 2.04. The first-order chi connectivity index (χ1) is 8.31. The molecular weight excluding hydrogens is 269 g/mol. The zero-order valence-electron chi connectivity index (χ0n) is 9.48. The fourth-order valence-electron chi connectivity index (χ4n) is 1.45. The Hall–Kier alpha value is -0.920. The molecule has 3 nitrogen and oxygen atoms in total. The van der Waals surface area contributed by atoms with E-state index < -0.39 is 23.9 Å². The summed E-state index contributed by atoms with van der Waals surface area (Å²) in [5.41, 5.74) is -1.03. The molecule has 0 radical (unpaired) electrons. The van der Waals surface area contributed by atoms with Gasteiger partial charge in [0, 0.05) is 5.75 Å². The summed E-state index contributed by atoms with van der Waals surface area (Å²) in [6.45, 7) is 0. The van der Waals surface area contributed by atoms with E-state index in [0.717, 1.165) is 19.2 Å². The van der Waals surface area contributed by atoms with Crippen molar-refractivity contribution in [2.75, 3.05) is 12.9 Å². The quantitative estimate of drug-likeness (QED) is 0.741. The first-order valence-electron chi connectivity index (χ1n) is 5.03. The molecule has 1 rings (SSSR count). The molecule has 102 valence electrons. The van der Waals surface area contributed by atoms with Crippen LogP contribution in [0.2, 0.25) is 0 Å². The molecule has 0 aromatic heterocycles. The first kappa shape index (κ1) is 15.1. The summed E-state index contributed by atoms with van der Waals surface area (Å²) >= 11 is 3.77. The van der Waals surface area contributed by atoms with E-state index in [1.54, 1.807) is 0 Å². The number of halogens is 3. The summed E-state index contributed by atoms with van der Waals surface area (Å²) in [5.74, 6) is -0.395. The highest BCUT2D eigenvalue weighted by Gasteiger charge is 2.35. The van der Waals surface area contributed by atoms with Crippen molar-refractivity contribution in [2.45, 2.75) is 18.4 Å². The Balaban J connectivity index is 3.18. The van der Waals surface area contributed by atoms with Crippen LogP contribution in [0.15, 0.2) is 18.2 Å². The van der Waals surface area contributed by atoms with E-state index in [0.29, 0.717) is 0 Å². The molecule has 0 spiro atoms. The van der Waals surface area contributed by atoms with Gasteiger partial charge >= 0.3 is 6.18 Å². The summed E-state index contributed by atoms with van der Waals surface area (Å²) in [4.78, 5) is 0. The van der Waals surface area contributed by atoms with Crippen molar-refractivity contribution in [3.63, 3.8) is 0 Å². The molecule has 0 aliphatic rings. The van der Waals surface area contributed by atoms with Gasteiger partial charge in [-0.05, 0) is 17.7 Å². The molecule has 0 fully saturated rings. The minimum atomic E-state index is -4.59. The van der Waals surface area contributed by atoms with Crippen LogP contribution in [0.1, 0.15) is 17.2 Å². The van der Waals surface area contributed by atoms with Gasteiger partial charge in [-0.2, -0.15) is 25.8 Å². The average Bonchev–Trinajstić information content (AvgIpc) is 2.35. The van der Waals surface area contributed by atoms with Gasteiger partial charge in [-0.3, -0.25) is 0 Å². The maximum absolute atomic E-state index is 12.7. The zero-order valence-corrected chi connectivity index (χ0v) is 10.4. The molecule has 1 aromatic carbocycles. The van der Waals surface area contributed by atoms with E-state index in [1.807, 2.05) is 0 Å². The SMILES string of the molecule is COc1ccc(C(O)C(O)CS)cc1C(F)(F)F. The van der Waals surface area contributed by atoms with Gasteiger partial charge < -0.3 is 14.9 Å². The molecule has 0 saturated heterocycles. The summed E-state index contributed by atoms with van der Waals surface area (Å²) in [7, 11) is 1.13. The van der Waals surface area contributed by atoms with E-state index in [-0.39, 0.29) is 17.1 Å². The molecule has 18 heavy (non-hydrogen) atoms. The zero-order chi connectivity index (χ0) is 13.9. The van der Waals surface area contributed by atoms with Crippen LogP contribution in [0.4, 0.5) is 13.2 Å². The van der Waals surface area contributed by atoms with Gasteiger partial charge in [0.15, 0.2) is 0 Å². The molecule has 0 aliphatic carbocycles. The van der Waals surface area contributed by atoms with Gasteiger partial charge in [0.25, 0.3) is 0 Å². The Morgan fingerprint density at radius 3 is 2.39 bits per heavy atom. The second kappa shape index (κ2) is 5.81. The summed E-state index contributed by atoms with van der Waals surface area (Å²) < 4.78 is 42.8. The number of hydrogen-bond donors (Lipinski definition) is 3. The standard InChI is InChI=1S/C11H13F3O3S/c1-17-9-3-2-6(10(16)8(15)5-18)4-7(9)11(12,13)14/h2-4,8,10,15-16,18H,5H2,1H3. The molecule has 2 unspecified atom stereocenters. The molecule has 0 heterocycles. The van der Waals surface area contributed by atoms with Crippen molar-refractivity contribution in [2.24, 2.45) is 0 Å². The largest absolute Gasteiger partial charge is 0.496 e. The van der Waals surface area contributed by atoms with Gasteiger partial charge in [-0.1, -0.05) is 6.07 Å². The van der Waals surface area contributed by atoms with Crippen LogP contribution >= 0.6 is 12.6 Å². The fourth-order valence-corrected chi connectivity index (χ4v) is 1.65. The maximum Gasteiger partial charge on any atom is 0.419 e. The third kappa shape index (κ3) is 3.30. The van der Waals surface area contributed by atoms with Crippen molar-refractivity contribution >= 4 is 12.6 Å². The molecule has 2 atom stereocenters. The smallest absolute Gasteiger partial charge is 0.419 e. The van der Waals surface area contributed by atoms with E-state index in [1.165, 1.54) is 6.07 Å². The normalized spacial score (nSPS) is 15.3. The van der Waals surface area contributed by atoms with Gasteiger partial charge in [0.05, 0.1) is 18.8 Å². The first-order valence-corrected chi connectivity index (χ1v) is 5.66. The van der Waals surface area contributed by atoms with Crippen LogP contribution in [-0.2, 0) is 6.18 Å². The van der Waals surface area contributed by atoms with Crippen molar-refractivity contribution in [3.05, 3.63) is 29.3 Å². The summed E-state index contributed by atoms with van der Waals surface area (Å²) in [6.07, 6.45) is -7.25. The molecule has 7 heteroatoms. The van der Waals surface area contributed by atoms with Crippen LogP contribution in [0.3, 0.4) is 0 Å². The summed E-state index contributed by atoms with van der Waals surface area (Å²) in [5, 5.41) is 19.0. The molecule has 1 aromatic rings. The Labute approximate surface area is 108 Å². The Morgan fingerprint density at radius 2 is 1.94 bits per heavy atom. The lowest BCUT2D eigenvalue weighted by Gasteiger charge is -2.19. The lowest BCUT2D eigenvalue weighted by molar-refractivity contribution is -0.138. The highest BCUT2D eigenvalue weighted by Crippen LogP contribution is 2.37. The van der Waals surface area contributed by atoms with Crippen LogP contribution in [0.5, 0.6) is 5.75 Å². The minimum absolute atomic E-state index is 0.0373. The number of alkyl halides is 3. The Kier molecular flexibility index (Phi) is 4.89. The summed E-state index contributed by atoms with van der Waals surface area (Å²) in [6, 6.07) is 3.13. The minimum Gasteiger partial charge on any atom is -0.496 e. The lowest BCUT2D eigenvalue weighted by atomic mass is 10.0. The van der Waals surface area contributed by atoms with Crippen molar-refractivity contribution < 1.29 is 28.1 Å². The average molecular weight is 282 g/mol. The van der Waals surface area contributed by atoms with Crippen LogP contribution in [0, 0.1) is 0 Å². The molecule has 0 amide bonds. The van der Waals surface area contributed by atoms with Gasteiger partial charge in [-0.15, -0.1) is 0 Å². The number of benzene rings is 1. The number of hydrogen-bond acceptors (Lipinski definition) is 4. The number of aliphatic hydroxyl groups is 2. The monoisotopic (exact) mass is 282 g/mol. The Bertz CT molecular complexity index is 409. The second-order valence-corrected chi connectivity index (χ2v) is 4.02. The van der Waals surface area contributed by atoms with Gasteiger partial charge in [0.2, 0.25) is 0 Å². The number of methoxy groups -OCH3 is 1. The predicted molar refractivity (Wildman–Crippen MR) is 62.8 cm³/mol. The van der Waals surface area contributed by atoms with Crippen LogP contribution in [0.25, 0.3) is 0 Å². The molecular formula is C11H13F3O3S. The molecule has 0 bridgehead atoms. The topological polar surface area (TPSA) is 49.7 Å². The fraction of sp³-hybridized carbons (Fsp3) is 0.455. The van der Waals surface area contributed by atoms with Crippen molar-refractivity contribution in [1.29, 1.82) is 0 Å². The van der Waals surface area contributed by atoms with Crippen molar-refractivity contribution in [1.82, 2.24) is 0 Å². The van der Waals surface area contributed by atoms with Gasteiger partial charge in [-0.25, -0.2) is 0 Å². The van der Waals surface area contributed by atoms with Crippen molar-refractivity contribution in [3.8, 4) is 5.75 Å². The lowest BCUT2D eigenvalue weighted by Crippen LogP contribution is -2.20. The maximum atomic E-state index is 12.7.